The Balaban J connectivity index is 1.58. The van der Waals surface area contributed by atoms with E-state index < -0.39 is 23.7 Å². The Bertz CT molecular complexity index is 836. The van der Waals surface area contributed by atoms with Crippen LogP contribution in [-0.2, 0) is 6.54 Å². The molecule has 6 nitrogen and oxygen atoms in total. The van der Waals surface area contributed by atoms with Gasteiger partial charge in [-0.15, -0.1) is 0 Å². The number of methoxy groups -OCH3 is 1. The molecule has 2 amide bonds. The summed E-state index contributed by atoms with van der Waals surface area (Å²) in [6.07, 6.45) is -0.916. The fraction of sp³-hybridized carbons (Fsp3) is 0.300. The molecule has 0 unspecified atom stereocenters. The second-order valence-corrected chi connectivity index (χ2v) is 6.59. The number of likely N-dealkylation sites (N-methyl/N-ethyl adjacent to an activating group) is 1. The number of hydrogen-bond acceptors (Lipinski definition) is 5. The Morgan fingerprint density at radius 2 is 1.78 bits per heavy atom. The molecule has 1 aliphatic heterocycles. The molecule has 27 heavy (non-hydrogen) atoms. The molecular weight excluding hydrogens is 351 g/mol. The Morgan fingerprint density at radius 3 is 2.33 bits per heavy atom. The van der Waals surface area contributed by atoms with Gasteiger partial charge in [-0.2, -0.15) is 0 Å². The topological polar surface area (TPSA) is 70.1 Å². The van der Waals surface area contributed by atoms with Crippen molar-refractivity contribution in [2.75, 3.05) is 27.2 Å². The van der Waals surface area contributed by atoms with Gasteiger partial charge in [-0.05, 0) is 36.9 Å². The molecule has 1 aliphatic rings. The lowest BCUT2D eigenvalue weighted by Gasteiger charge is -2.23. The first-order valence-electron chi connectivity index (χ1n) is 8.55. The van der Waals surface area contributed by atoms with Crippen LogP contribution >= 0.6 is 0 Å². The monoisotopic (exact) mass is 372 g/mol. The molecule has 2 aromatic carbocycles. The van der Waals surface area contributed by atoms with Crippen molar-refractivity contribution in [2.45, 2.75) is 12.6 Å². The van der Waals surface area contributed by atoms with Crippen LogP contribution in [0.4, 0.5) is 4.39 Å². The maximum absolute atomic E-state index is 13.8. The standard InChI is InChI=1S/C20H21FN2O4/c1-22(10-13-7-8-18(27-2)17(21)9-13)11-14(24)12-23-19(25)15-5-3-4-6-16(15)20(23)26/h3-9,14,24H,10-12H2,1-2H3/t14-/m1/s1. The van der Waals surface area contributed by atoms with Gasteiger partial charge in [0.15, 0.2) is 11.6 Å². The lowest BCUT2D eigenvalue weighted by atomic mass is 10.1. The Morgan fingerprint density at radius 1 is 1.15 bits per heavy atom. The molecular formula is C20H21FN2O4. The number of carbonyl (C=O) groups is 2. The van der Waals surface area contributed by atoms with E-state index in [0.29, 0.717) is 17.7 Å². The van der Waals surface area contributed by atoms with Crippen LogP contribution in [0.1, 0.15) is 26.3 Å². The normalized spacial score (nSPS) is 14.6. The molecule has 1 atom stereocenters. The Labute approximate surface area is 156 Å². The summed E-state index contributed by atoms with van der Waals surface area (Å²) in [6, 6.07) is 11.3. The fourth-order valence-corrected chi connectivity index (χ4v) is 3.22. The fourth-order valence-electron chi connectivity index (χ4n) is 3.22. The summed E-state index contributed by atoms with van der Waals surface area (Å²) in [7, 11) is 3.17. The third-order valence-electron chi connectivity index (χ3n) is 4.46. The number of nitrogens with zero attached hydrogens (tertiary/aromatic N) is 2. The molecule has 142 valence electrons. The zero-order chi connectivity index (χ0) is 19.6. The van der Waals surface area contributed by atoms with Crippen molar-refractivity contribution >= 4 is 11.8 Å². The lowest BCUT2D eigenvalue weighted by Crippen LogP contribution is -2.41. The highest BCUT2D eigenvalue weighted by atomic mass is 19.1. The Kier molecular flexibility index (Phi) is 5.53. The number of fused-ring (bicyclic) bond motifs is 1. The van der Waals surface area contributed by atoms with Crippen molar-refractivity contribution < 1.29 is 23.8 Å². The smallest absolute Gasteiger partial charge is 0.261 e. The SMILES string of the molecule is COc1ccc(CN(C)C[C@@H](O)CN2C(=O)c3ccccc3C2=O)cc1F. The number of carbonyl (C=O) groups excluding carboxylic acids is 2. The van der Waals surface area contributed by atoms with Gasteiger partial charge in [-0.3, -0.25) is 19.4 Å². The largest absolute Gasteiger partial charge is 0.494 e. The molecule has 0 saturated heterocycles. The van der Waals surface area contributed by atoms with E-state index in [1.807, 2.05) is 0 Å². The summed E-state index contributed by atoms with van der Waals surface area (Å²) in [5, 5.41) is 10.3. The van der Waals surface area contributed by atoms with Gasteiger partial charge in [0.1, 0.15) is 0 Å². The number of benzene rings is 2. The van der Waals surface area contributed by atoms with Crippen LogP contribution in [0.3, 0.4) is 0 Å². The van der Waals surface area contributed by atoms with Gasteiger partial charge in [-0.1, -0.05) is 18.2 Å². The Hall–Kier alpha value is -2.77. The molecule has 7 heteroatoms. The third-order valence-corrected chi connectivity index (χ3v) is 4.46. The van der Waals surface area contributed by atoms with Crippen LogP contribution < -0.4 is 4.74 Å². The lowest BCUT2D eigenvalue weighted by molar-refractivity contribution is 0.0488. The van der Waals surface area contributed by atoms with Gasteiger partial charge >= 0.3 is 0 Å². The predicted octanol–water partition coefficient (Wildman–Crippen LogP) is 1.92. The number of aliphatic hydroxyl groups excluding tert-OH is 1. The van der Waals surface area contributed by atoms with Gasteiger partial charge in [0.05, 0.1) is 30.9 Å². The summed E-state index contributed by atoms with van der Waals surface area (Å²) in [6.45, 7) is 0.537. The van der Waals surface area contributed by atoms with Crippen LogP contribution in [0.15, 0.2) is 42.5 Å². The number of ether oxygens (including phenoxy) is 1. The summed E-state index contributed by atoms with van der Waals surface area (Å²) in [5.41, 5.74) is 1.44. The second-order valence-electron chi connectivity index (χ2n) is 6.59. The van der Waals surface area contributed by atoms with Crippen LogP contribution in [0.25, 0.3) is 0 Å². The van der Waals surface area contributed by atoms with Crippen molar-refractivity contribution in [2.24, 2.45) is 0 Å². The highest BCUT2D eigenvalue weighted by Crippen LogP contribution is 2.23. The van der Waals surface area contributed by atoms with Crippen LogP contribution in [0, 0.1) is 5.82 Å². The number of β-amino-alcohol motifs (C(OH)–C–C–N with tert-alkyl or cyclic N) is 1. The number of halogens is 1. The third kappa shape index (κ3) is 3.99. The van der Waals surface area contributed by atoms with Crippen LogP contribution in [0.2, 0.25) is 0 Å². The van der Waals surface area contributed by atoms with Gasteiger partial charge in [0.2, 0.25) is 0 Å². The maximum atomic E-state index is 13.8. The van der Waals surface area contributed by atoms with E-state index in [2.05, 4.69) is 0 Å². The molecule has 1 heterocycles. The van der Waals surface area contributed by atoms with Crippen molar-refractivity contribution in [3.8, 4) is 5.75 Å². The van der Waals surface area contributed by atoms with Gasteiger partial charge in [0, 0.05) is 13.1 Å². The number of hydrogen-bond donors (Lipinski definition) is 1. The zero-order valence-corrected chi connectivity index (χ0v) is 15.2. The van der Waals surface area contributed by atoms with E-state index in [1.165, 1.54) is 13.2 Å². The van der Waals surface area contributed by atoms with Crippen molar-refractivity contribution in [3.63, 3.8) is 0 Å². The van der Waals surface area contributed by atoms with Crippen molar-refractivity contribution in [1.82, 2.24) is 9.80 Å². The highest BCUT2D eigenvalue weighted by molar-refractivity contribution is 6.21. The quantitative estimate of drug-likeness (QED) is 0.752. The molecule has 0 radical (unpaired) electrons. The molecule has 0 spiro atoms. The average molecular weight is 372 g/mol. The maximum Gasteiger partial charge on any atom is 0.261 e. The van der Waals surface area contributed by atoms with Gasteiger partial charge < -0.3 is 9.84 Å². The first-order chi connectivity index (χ1) is 12.9. The first kappa shape index (κ1) is 19.0. The predicted molar refractivity (Wildman–Crippen MR) is 97.1 cm³/mol. The average Bonchev–Trinajstić information content (AvgIpc) is 2.87. The summed E-state index contributed by atoms with van der Waals surface area (Å²) in [5.74, 6) is -1.06. The van der Waals surface area contributed by atoms with Gasteiger partial charge in [-0.25, -0.2) is 4.39 Å². The minimum atomic E-state index is -0.916. The highest BCUT2D eigenvalue weighted by Gasteiger charge is 2.36. The minimum absolute atomic E-state index is 0.0896. The first-order valence-corrected chi connectivity index (χ1v) is 8.55. The molecule has 2 aromatic rings. The molecule has 0 fully saturated rings. The van der Waals surface area contributed by atoms with E-state index in [9.17, 15) is 19.1 Å². The number of rotatable bonds is 7. The van der Waals surface area contributed by atoms with E-state index in [0.717, 1.165) is 10.5 Å². The van der Waals surface area contributed by atoms with Crippen molar-refractivity contribution in [1.29, 1.82) is 0 Å². The van der Waals surface area contributed by atoms with Crippen LogP contribution in [0.5, 0.6) is 5.75 Å². The van der Waals surface area contributed by atoms with E-state index in [4.69, 9.17) is 4.74 Å². The van der Waals surface area contributed by atoms with E-state index in [-0.39, 0.29) is 18.8 Å². The van der Waals surface area contributed by atoms with Crippen LogP contribution in [-0.4, -0.2) is 60.1 Å². The van der Waals surface area contributed by atoms with E-state index >= 15 is 0 Å². The molecule has 0 bridgehead atoms. The summed E-state index contributed by atoms with van der Waals surface area (Å²) in [4.78, 5) is 27.5. The summed E-state index contributed by atoms with van der Waals surface area (Å²) >= 11 is 0. The number of aliphatic hydroxyl groups is 1. The molecule has 0 aromatic heterocycles. The summed E-state index contributed by atoms with van der Waals surface area (Å²) < 4.78 is 18.7. The van der Waals surface area contributed by atoms with Crippen molar-refractivity contribution in [3.05, 3.63) is 65.0 Å². The molecule has 3 rings (SSSR count). The van der Waals surface area contributed by atoms with E-state index in [1.54, 1.807) is 48.3 Å². The minimum Gasteiger partial charge on any atom is -0.494 e. The number of imide groups is 1. The second kappa shape index (κ2) is 7.85. The van der Waals surface area contributed by atoms with Gasteiger partial charge in [0.25, 0.3) is 11.8 Å². The molecule has 0 saturated carbocycles. The molecule has 1 N–H and O–H groups in total. The molecule has 0 aliphatic carbocycles. The zero-order valence-electron chi connectivity index (χ0n) is 15.2. The number of amides is 2.